The minimum atomic E-state index is -0.513. The first kappa shape index (κ1) is 20.0. The average molecular weight is 403 g/mol. The summed E-state index contributed by atoms with van der Waals surface area (Å²) in [5.74, 6) is 0.723. The Balaban J connectivity index is 1.38. The first-order valence-corrected chi connectivity index (χ1v) is 10.1. The lowest BCUT2D eigenvalue weighted by molar-refractivity contribution is 0.175. The molecule has 7 heteroatoms. The molecule has 0 radical (unpaired) electrons. The van der Waals surface area contributed by atoms with E-state index in [9.17, 15) is 9.90 Å². The lowest BCUT2D eigenvalue weighted by Crippen LogP contribution is -2.25. The number of benzene rings is 2. The molecule has 0 bridgehead atoms. The molecule has 2 atom stereocenters. The molecule has 0 aliphatic heterocycles. The summed E-state index contributed by atoms with van der Waals surface area (Å²) in [5.41, 5.74) is 3.60. The Labute approximate surface area is 174 Å². The Kier molecular flexibility index (Phi) is 6.02. The highest BCUT2D eigenvalue weighted by Gasteiger charge is 2.14. The van der Waals surface area contributed by atoms with Gasteiger partial charge in [0, 0.05) is 18.9 Å². The first-order valence-electron chi connectivity index (χ1n) is 10.1. The van der Waals surface area contributed by atoms with Gasteiger partial charge in [0.2, 0.25) is 0 Å². The lowest BCUT2D eigenvalue weighted by Gasteiger charge is -2.12. The normalized spacial score (nSPS) is 13.4. The maximum atomic E-state index is 12.0. The summed E-state index contributed by atoms with van der Waals surface area (Å²) in [6, 6.07) is 17.3. The van der Waals surface area contributed by atoms with Crippen molar-refractivity contribution in [1.29, 1.82) is 0 Å². The smallest absolute Gasteiger partial charge is 0.348 e. The third kappa shape index (κ3) is 4.48. The Morgan fingerprint density at radius 3 is 2.80 bits per heavy atom. The van der Waals surface area contributed by atoms with Crippen molar-refractivity contribution in [3.63, 3.8) is 0 Å². The zero-order valence-electron chi connectivity index (χ0n) is 16.8. The molecule has 3 N–H and O–H groups in total. The molecule has 0 fully saturated rings. The number of aromatic nitrogens is 4. The van der Waals surface area contributed by atoms with Gasteiger partial charge >= 0.3 is 5.69 Å². The summed E-state index contributed by atoms with van der Waals surface area (Å²) in [4.78, 5) is 23.7. The fourth-order valence-corrected chi connectivity index (χ4v) is 3.49. The van der Waals surface area contributed by atoms with Crippen LogP contribution in [0.4, 0.5) is 0 Å². The van der Waals surface area contributed by atoms with E-state index in [1.54, 1.807) is 16.8 Å². The topological polar surface area (TPSA) is 95.8 Å². The zero-order valence-corrected chi connectivity index (χ0v) is 16.8. The van der Waals surface area contributed by atoms with Gasteiger partial charge in [-0.15, -0.1) is 0 Å². The molecule has 0 spiro atoms. The Bertz CT molecular complexity index is 1170. The van der Waals surface area contributed by atoms with Crippen molar-refractivity contribution in [2.75, 3.05) is 13.1 Å². The number of H-pyrrole nitrogens is 1. The summed E-state index contributed by atoms with van der Waals surface area (Å²) in [6.07, 6.45) is 3.53. The Hall–Kier alpha value is -3.29. The van der Waals surface area contributed by atoms with Crippen LogP contribution in [0.25, 0.3) is 11.0 Å². The van der Waals surface area contributed by atoms with Crippen LogP contribution in [0.3, 0.4) is 0 Å². The van der Waals surface area contributed by atoms with Crippen LogP contribution in [-0.2, 0) is 6.42 Å². The fourth-order valence-electron chi connectivity index (χ4n) is 3.49. The molecular weight excluding hydrogens is 378 g/mol. The van der Waals surface area contributed by atoms with Gasteiger partial charge in [0.05, 0.1) is 23.2 Å². The molecule has 4 rings (SSSR count). The zero-order chi connectivity index (χ0) is 20.9. The van der Waals surface area contributed by atoms with Gasteiger partial charge in [0.1, 0.15) is 5.82 Å². The van der Waals surface area contributed by atoms with Crippen LogP contribution in [0.1, 0.15) is 36.0 Å². The van der Waals surface area contributed by atoms with E-state index in [0.717, 1.165) is 35.4 Å². The molecule has 0 amide bonds. The molecule has 0 aliphatic rings. The third-order valence-electron chi connectivity index (χ3n) is 5.23. The molecule has 4 aromatic rings. The van der Waals surface area contributed by atoms with Crippen LogP contribution in [0.15, 0.2) is 71.8 Å². The number of imidazole rings is 1. The number of fused-ring (bicyclic) bond motifs is 1. The predicted molar refractivity (Wildman–Crippen MR) is 116 cm³/mol. The largest absolute Gasteiger partial charge is 0.387 e. The molecular formula is C23H25N5O2. The van der Waals surface area contributed by atoms with Crippen molar-refractivity contribution < 1.29 is 5.11 Å². The highest BCUT2D eigenvalue weighted by molar-refractivity contribution is 5.76. The Morgan fingerprint density at radius 1 is 1.17 bits per heavy atom. The van der Waals surface area contributed by atoms with Gasteiger partial charge in [-0.2, -0.15) is 0 Å². The molecule has 30 heavy (non-hydrogen) atoms. The van der Waals surface area contributed by atoms with E-state index in [4.69, 9.17) is 0 Å². The van der Waals surface area contributed by atoms with Gasteiger partial charge in [-0.05, 0) is 49.2 Å². The van der Waals surface area contributed by atoms with Crippen molar-refractivity contribution in [1.82, 2.24) is 24.8 Å². The number of hydrogen-bond acceptors (Lipinski definition) is 5. The van der Waals surface area contributed by atoms with Crippen molar-refractivity contribution >= 4 is 11.0 Å². The third-order valence-corrected chi connectivity index (χ3v) is 5.23. The monoisotopic (exact) mass is 403 g/mol. The lowest BCUT2D eigenvalue weighted by atomic mass is 10.1. The maximum absolute atomic E-state index is 12.0. The highest BCUT2D eigenvalue weighted by Crippen LogP contribution is 2.19. The van der Waals surface area contributed by atoms with E-state index in [0.29, 0.717) is 6.54 Å². The minimum Gasteiger partial charge on any atom is -0.387 e. The molecule has 7 nitrogen and oxygen atoms in total. The molecule has 154 valence electrons. The second-order valence-electron chi connectivity index (χ2n) is 7.34. The van der Waals surface area contributed by atoms with Crippen molar-refractivity contribution in [2.45, 2.75) is 25.5 Å². The van der Waals surface area contributed by atoms with Gasteiger partial charge in [0.25, 0.3) is 0 Å². The fraction of sp³-hybridized carbons (Fsp3) is 0.261. The number of nitrogens with zero attached hydrogens (tertiary/aromatic N) is 3. The Morgan fingerprint density at radius 2 is 2.00 bits per heavy atom. The van der Waals surface area contributed by atoms with Crippen LogP contribution in [0, 0.1) is 0 Å². The standard InChI is InChI=1S/C23H25N5O2/c1-16(28-13-5-11-25-23(28)30)22-26-19-9-8-17(14-20(19)27-22)10-12-24-15-21(29)18-6-3-2-4-7-18/h2-9,11,13-14,16,21,24,29H,10,12,15H2,1H3,(H,26,27)/t16-,21-/m0/s1. The molecule has 2 heterocycles. The van der Waals surface area contributed by atoms with Crippen LogP contribution in [0.2, 0.25) is 0 Å². The van der Waals surface area contributed by atoms with Gasteiger partial charge in [0.15, 0.2) is 0 Å². The van der Waals surface area contributed by atoms with Gasteiger partial charge in [-0.3, -0.25) is 4.57 Å². The van der Waals surface area contributed by atoms with Crippen LogP contribution < -0.4 is 11.0 Å². The second-order valence-corrected chi connectivity index (χ2v) is 7.34. The number of hydrogen-bond donors (Lipinski definition) is 3. The average Bonchev–Trinajstić information content (AvgIpc) is 3.20. The van der Waals surface area contributed by atoms with Crippen molar-refractivity contribution in [2.24, 2.45) is 0 Å². The number of aliphatic hydroxyl groups excluding tert-OH is 1. The summed E-state index contributed by atoms with van der Waals surface area (Å²) in [7, 11) is 0. The van der Waals surface area contributed by atoms with Crippen molar-refractivity contribution in [3.05, 3.63) is 94.4 Å². The summed E-state index contributed by atoms with van der Waals surface area (Å²) in [6.45, 7) is 3.19. The predicted octanol–water partition coefficient (Wildman–Crippen LogP) is 2.59. The number of aliphatic hydroxyl groups is 1. The SMILES string of the molecule is C[C@@H](c1nc2ccc(CCNC[C@H](O)c3ccccc3)cc2[nH]1)n1cccnc1=O. The van der Waals surface area contributed by atoms with Crippen molar-refractivity contribution in [3.8, 4) is 0 Å². The molecule has 2 aromatic heterocycles. The van der Waals surface area contributed by atoms with E-state index in [1.807, 2.05) is 43.3 Å². The first-order chi connectivity index (χ1) is 14.6. The van der Waals surface area contributed by atoms with E-state index >= 15 is 0 Å². The summed E-state index contributed by atoms with van der Waals surface area (Å²) < 4.78 is 1.56. The molecule has 0 unspecified atom stereocenters. The maximum Gasteiger partial charge on any atom is 0.348 e. The van der Waals surface area contributed by atoms with E-state index in [2.05, 4.69) is 32.4 Å². The van der Waals surface area contributed by atoms with Crippen LogP contribution in [-0.4, -0.2) is 37.7 Å². The van der Waals surface area contributed by atoms with Gasteiger partial charge < -0.3 is 15.4 Å². The highest BCUT2D eigenvalue weighted by atomic mass is 16.3. The van der Waals surface area contributed by atoms with E-state index in [1.165, 1.54) is 11.8 Å². The molecule has 2 aromatic carbocycles. The van der Waals surface area contributed by atoms with E-state index in [-0.39, 0.29) is 11.7 Å². The summed E-state index contributed by atoms with van der Waals surface area (Å²) >= 11 is 0. The molecule has 0 aliphatic carbocycles. The van der Waals surface area contributed by atoms with Crippen LogP contribution >= 0.6 is 0 Å². The van der Waals surface area contributed by atoms with Gasteiger partial charge in [-0.1, -0.05) is 36.4 Å². The molecule has 0 saturated carbocycles. The number of rotatable bonds is 8. The molecule has 0 saturated heterocycles. The number of aromatic amines is 1. The van der Waals surface area contributed by atoms with E-state index < -0.39 is 6.10 Å². The minimum absolute atomic E-state index is 0.233. The second kappa shape index (κ2) is 9.02. The van der Waals surface area contributed by atoms with Crippen LogP contribution in [0.5, 0.6) is 0 Å². The quantitative estimate of drug-likeness (QED) is 0.393. The summed E-state index contributed by atoms with van der Waals surface area (Å²) in [5, 5.41) is 13.5. The number of nitrogens with one attached hydrogen (secondary N) is 2. The van der Waals surface area contributed by atoms with Gasteiger partial charge in [-0.25, -0.2) is 14.8 Å².